The van der Waals surface area contributed by atoms with Gasteiger partial charge in [-0.3, -0.25) is 0 Å². The van der Waals surface area contributed by atoms with Gasteiger partial charge in [-0.1, -0.05) is 43.6 Å². The lowest BCUT2D eigenvalue weighted by Crippen LogP contribution is -2.29. The molecule has 0 saturated carbocycles. The quantitative estimate of drug-likeness (QED) is 0.549. The number of alkyl halides is 1. The van der Waals surface area contributed by atoms with Crippen LogP contribution in [0.25, 0.3) is 0 Å². The van der Waals surface area contributed by atoms with Gasteiger partial charge in [-0.2, -0.15) is 0 Å². The first-order chi connectivity index (χ1) is 7.66. The van der Waals surface area contributed by atoms with E-state index in [1.165, 1.54) is 0 Å². The lowest BCUT2D eigenvalue weighted by molar-refractivity contribution is 0.396. The fraction of sp³-hybridized carbons (Fsp3) is 1.00. The summed E-state index contributed by atoms with van der Waals surface area (Å²) < 4.78 is 26.0. The molecule has 3 nitrogen and oxygen atoms in total. The second-order valence-electron chi connectivity index (χ2n) is 5.93. The van der Waals surface area contributed by atoms with Gasteiger partial charge in [0.15, 0.2) is 0 Å². The molecule has 0 heterocycles. The molecule has 0 saturated heterocycles. The lowest BCUT2D eigenvalue weighted by atomic mass is 9.94. The molecule has 104 valence electrons. The van der Waals surface area contributed by atoms with E-state index in [1.807, 2.05) is 0 Å². The van der Waals surface area contributed by atoms with Crippen LogP contribution in [0, 0.1) is 11.3 Å². The molecule has 1 unspecified atom stereocenters. The Kier molecular flexibility index (Phi) is 7.92. The minimum atomic E-state index is -3.08. The van der Waals surface area contributed by atoms with Gasteiger partial charge >= 0.3 is 0 Å². The van der Waals surface area contributed by atoms with Crippen LogP contribution in [0.5, 0.6) is 0 Å². The molecule has 0 amide bonds. The van der Waals surface area contributed by atoms with Crippen LogP contribution in [0.3, 0.4) is 0 Å². The van der Waals surface area contributed by atoms with Crippen LogP contribution in [0.1, 0.15) is 47.0 Å². The Morgan fingerprint density at radius 2 is 1.88 bits per heavy atom. The third kappa shape index (κ3) is 11.2. The van der Waals surface area contributed by atoms with E-state index in [4.69, 9.17) is 0 Å². The zero-order valence-electron chi connectivity index (χ0n) is 11.4. The fourth-order valence-electron chi connectivity index (χ4n) is 1.27. The van der Waals surface area contributed by atoms with Crippen molar-refractivity contribution >= 4 is 26.0 Å². The van der Waals surface area contributed by atoms with E-state index in [9.17, 15) is 8.42 Å². The predicted octanol–water partition coefficient (Wildman–Crippen LogP) is 3.15. The first-order valence-corrected chi connectivity index (χ1v) is 8.97. The van der Waals surface area contributed by atoms with Crippen molar-refractivity contribution in [1.29, 1.82) is 0 Å². The van der Waals surface area contributed by atoms with Crippen LogP contribution in [0.4, 0.5) is 0 Å². The Labute approximate surface area is 115 Å². The monoisotopic (exact) mass is 327 g/mol. The highest BCUT2D eigenvalue weighted by atomic mass is 79.9. The summed E-state index contributed by atoms with van der Waals surface area (Å²) in [6.07, 6.45) is 2.65. The van der Waals surface area contributed by atoms with E-state index in [2.05, 4.69) is 48.3 Å². The maximum atomic E-state index is 11.7. The summed E-state index contributed by atoms with van der Waals surface area (Å²) in [6, 6.07) is 0. The van der Waals surface area contributed by atoms with Gasteiger partial charge in [0.05, 0.1) is 5.75 Å². The number of sulfonamides is 1. The summed E-state index contributed by atoms with van der Waals surface area (Å²) in [5.41, 5.74) is 0.0687. The number of rotatable bonds is 8. The van der Waals surface area contributed by atoms with Gasteiger partial charge in [0, 0.05) is 11.9 Å². The molecule has 0 radical (unpaired) electrons. The maximum absolute atomic E-state index is 11.7. The topological polar surface area (TPSA) is 46.2 Å². The number of hydrogen-bond donors (Lipinski definition) is 1. The zero-order valence-corrected chi connectivity index (χ0v) is 13.8. The second-order valence-corrected chi connectivity index (χ2v) is 8.50. The minimum absolute atomic E-state index is 0.0687. The van der Waals surface area contributed by atoms with Crippen LogP contribution in [0.2, 0.25) is 0 Å². The molecule has 0 aliphatic carbocycles. The third-order valence-corrected chi connectivity index (χ3v) is 5.07. The van der Waals surface area contributed by atoms with Gasteiger partial charge in [-0.25, -0.2) is 13.1 Å². The third-order valence-electron chi connectivity index (χ3n) is 2.58. The predicted molar refractivity (Wildman–Crippen MR) is 78.1 cm³/mol. The molecule has 0 aromatic heterocycles. The van der Waals surface area contributed by atoms with Gasteiger partial charge in [0.25, 0.3) is 0 Å². The highest BCUT2D eigenvalue weighted by Crippen LogP contribution is 2.18. The SMILES string of the molecule is CC(CBr)CCCNS(=O)(=O)CCC(C)(C)C. The van der Waals surface area contributed by atoms with E-state index in [0.717, 1.165) is 18.2 Å². The summed E-state index contributed by atoms with van der Waals surface area (Å²) in [5.74, 6) is 0.832. The Morgan fingerprint density at radius 1 is 1.29 bits per heavy atom. The highest BCUT2D eigenvalue weighted by Gasteiger charge is 2.16. The molecule has 0 bridgehead atoms. The van der Waals surface area contributed by atoms with E-state index < -0.39 is 10.0 Å². The van der Waals surface area contributed by atoms with Crippen molar-refractivity contribution in [3.05, 3.63) is 0 Å². The van der Waals surface area contributed by atoms with Crippen molar-refractivity contribution in [1.82, 2.24) is 4.72 Å². The Morgan fingerprint density at radius 3 is 2.35 bits per heavy atom. The normalized spacial score (nSPS) is 14.9. The maximum Gasteiger partial charge on any atom is 0.211 e. The first-order valence-electron chi connectivity index (χ1n) is 6.19. The lowest BCUT2D eigenvalue weighted by Gasteiger charge is -2.18. The summed E-state index contributed by atoms with van der Waals surface area (Å²) in [4.78, 5) is 0. The van der Waals surface area contributed by atoms with Crippen molar-refractivity contribution in [3.8, 4) is 0 Å². The van der Waals surface area contributed by atoms with Gasteiger partial charge in [0.1, 0.15) is 0 Å². The molecule has 1 atom stereocenters. The van der Waals surface area contributed by atoms with Crippen molar-refractivity contribution in [2.24, 2.45) is 11.3 Å². The molecular weight excluding hydrogens is 302 g/mol. The molecule has 0 aliphatic heterocycles. The average molecular weight is 328 g/mol. The van der Waals surface area contributed by atoms with Gasteiger partial charge in [-0.15, -0.1) is 0 Å². The van der Waals surface area contributed by atoms with Gasteiger partial charge in [-0.05, 0) is 30.6 Å². The van der Waals surface area contributed by atoms with Crippen molar-refractivity contribution < 1.29 is 8.42 Å². The molecule has 1 N–H and O–H groups in total. The number of hydrogen-bond acceptors (Lipinski definition) is 2. The average Bonchev–Trinajstić information content (AvgIpc) is 2.20. The molecule has 17 heavy (non-hydrogen) atoms. The summed E-state index contributed by atoms with van der Waals surface area (Å²) in [7, 11) is -3.08. The second kappa shape index (κ2) is 7.74. The minimum Gasteiger partial charge on any atom is -0.215 e. The van der Waals surface area contributed by atoms with Crippen molar-refractivity contribution in [3.63, 3.8) is 0 Å². The van der Waals surface area contributed by atoms with E-state index in [-0.39, 0.29) is 11.2 Å². The molecule has 0 spiro atoms. The van der Waals surface area contributed by atoms with Crippen LogP contribution in [0.15, 0.2) is 0 Å². The van der Waals surface area contributed by atoms with Crippen LogP contribution < -0.4 is 4.72 Å². The molecule has 5 heteroatoms. The smallest absolute Gasteiger partial charge is 0.211 e. The summed E-state index contributed by atoms with van der Waals surface area (Å²) in [5, 5.41) is 0.976. The first kappa shape index (κ1) is 17.4. The van der Waals surface area contributed by atoms with Crippen molar-refractivity contribution in [2.75, 3.05) is 17.6 Å². The fourth-order valence-corrected chi connectivity index (χ4v) is 3.07. The van der Waals surface area contributed by atoms with E-state index in [0.29, 0.717) is 18.9 Å². The van der Waals surface area contributed by atoms with Crippen LogP contribution in [-0.2, 0) is 10.0 Å². The number of halogens is 1. The molecule has 0 rings (SSSR count). The zero-order chi connectivity index (χ0) is 13.5. The summed E-state index contributed by atoms with van der Waals surface area (Å²) in [6.45, 7) is 8.88. The standard InChI is InChI=1S/C12H26BrNO2S/c1-11(10-13)6-5-8-14-17(15,16)9-7-12(2,3)4/h11,14H,5-10H2,1-4H3. The van der Waals surface area contributed by atoms with Gasteiger partial charge < -0.3 is 0 Å². The molecule has 0 aromatic carbocycles. The Balaban J connectivity index is 3.80. The molecule has 0 aliphatic rings. The largest absolute Gasteiger partial charge is 0.215 e. The summed E-state index contributed by atoms with van der Waals surface area (Å²) >= 11 is 3.41. The highest BCUT2D eigenvalue weighted by molar-refractivity contribution is 9.09. The van der Waals surface area contributed by atoms with E-state index >= 15 is 0 Å². The Hall–Kier alpha value is 0.390. The van der Waals surface area contributed by atoms with Crippen LogP contribution >= 0.6 is 15.9 Å². The molecule has 0 aromatic rings. The molecule has 0 fully saturated rings. The molecular formula is C12H26BrNO2S. The van der Waals surface area contributed by atoms with E-state index in [1.54, 1.807) is 0 Å². The van der Waals surface area contributed by atoms with Crippen LogP contribution in [-0.4, -0.2) is 26.0 Å². The van der Waals surface area contributed by atoms with Crippen molar-refractivity contribution in [2.45, 2.75) is 47.0 Å². The number of nitrogens with one attached hydrogen (secondary N) is 1. The van der Waals surface area contributed by atoms with Gasteiger partial charge in [0.2, 0.25) is 10.0 Å². The Bertz CT molecular complexity index is 296.